The number of aromatic nitrogens is 2. The normalized spacial score (nSPS) is 19.9. The second-order valence-corrected chi connectivity index (χ2v) is 4.29. The number of pyridine rings is 1. The molecule has 0 aliphatic carbocycles. The third-order valence-electron chi connectivity index (χ3n) is 3.17. The fourth-order valence-corrected chi connectivity index (χ4v) is 2.33. The number of hydrogen-bond donors (Lipinski definition) is 2. The lowest BCUT2D eigenvalue weighted by molar-refractivity contribution is 0.0947. The summed E-state index contributed by atoms with van der Waals surface area (Å²) in [7, 11) is 0. The fourth-order valence-electron chi connectivity index (χ4n) is 2.33. The molecule has 1 fully saturated rings. The first kappa shape index (κ1) is 10.3. The number of anilines is 1. The molecule has 0 radical (unpaired) electrons. The van der Waals surface area contributed by atoms with Gasteiger partial charge in [0, 0.05) is 6.20 Å². The number of nitrogen functional groups attached to an aromatic ring is 1. The molecule has 5 heteroatoms. The van der Waals surface area contributed by atoms with E-state index in [1.165, 1.54) is 0 Å². The topological polar surface area (TPSA) is 72.4 Å². The van der Waals surface area contributed by atoms with Crippen LogP contribution in [0.3, 0.4) is 0 Å². The van der Waals surface area contributed by atoms with Gasteiger partial charge in [0.1, 0.15) is 11.3 Å². The highest BCUT2D eigenvalue weighted by Crippen LogP contribution is 2.19. The first-order valence-corrected chi connectivity index (χ1v) is 5.77. The first-order chi connectivity index (χ1) is 8.27. The predicted molar refractivity (Wildman–Crippen MR) is 65.0 cm³/mol. The highest BCUT2D eigenvalue weighted by Gasteiger charge is 2.27. The lowest BCUT2D eigenvalue weighted by Gasteiger charge is -2.08. The van der Waals surface area contributed by atoms with E-state index in [-0.39, 0.29) is 11.8 Å². The van der Waals surface area contributed by atoms with Gasteiger partial charge in [-0.25, -0.2) is 4.98 Å². The van der Waals surface area contributed by atoms with Gasteiger partial charge in [0.05, 0.1) is 6.04 Å². The van der Waals surface area contributed by atoms with E-state index in [4.69, 9.17) is 5.73 Å². The van der Waals surface area contributed by atoms with Crippen molar-refractivity contribution in [2.45, 2.75) is 18.9 Å². The zero-order valence-electron chi connectivity index (χ0n) is 9.39. The van der Waals surface area contributed by atoms with Crippen LogP contribution < -0.4 is 11.1 Å². The Morgan fingerprint density at radius 1 is 1.53 bits per heavy atom. The number of hydrogen-bond acceptors (Lipinski definition) is 4. The molecule has 3 rings (SSSR count). The second kappa shape index (κ2) is 3.85. The van der Waals surface area contributed by atoms with Crippen LogP contribution in [0.4, 0.5) is 5.82 Å². The molecule has 1 aliphatic rings. The maximum Gasteiger partial charge on any atom is 0.200 e. The Labute approximate surface area is 98.6 Å². The number of rotatable bonds is 2. The summed E-state index contributed by atoms with van der Waals surface area (Å²) in [6, 6.07) is 5.48. The number of nitrogens with zero attached hydrogens (tertiary/aromatic N) is 2. The van der Waals surface area contributed by atoms with Crippen molar-refractivity contribution in [2.24, 2.45) is 0 Å². The van der Waals surface area contributed by atoms with E-state index < -0.39 is 0 Å². The average molecular weight is 230 g/mol. The Balaban J connectivity index is 2.09. The van der Waals surface area contributed by atoms with E-state index in [0.717, 1.165) is 19.4 Å². The van der Waals surface area contributed by atoms with Crippen LogP contribution in [-0.2, 0) is 0 Å². The molecule has 1 atom stereocenters. The summed E-state index contributed by atoms with van der Waals surface area (Å²) in [6.07, 6.45) is 3.73. The highest BCUT2D eigenvalue weighted by atomic mass is 16.1. The van der Waals surface area contributed by atoms with Crippen LogP contribution in [0.25, 0.3) is 5.65 Å². The minimum Gasteiger partial charge on any atom is -0.382 e. The van der Waals surface area contributed by atoms with Crippen molar-refractivity contribution in [3.8, 4) is 0 Å². The molecule has 0 bridgehead atoms. The molecular formula is C12H14N4O. The third kappa shape index (κ3) is 1.59. The summed E-state index contributed by atoms with van der Waals surface area (Å²) >= 11 is 0. The maximum absolute atomic E-state index is 12.3. The monoisotopic (exact) mass is 230 g/mol. The van der Waals surface area contributed by atoms with E-state index in [2.05, 4.69) is 10.3 Å². The summed E-state index contributed by atoms with van der Waals surface area (Å²) in [5.41, 5.74) is 7.06. The first-order valence-electron chi connectivity index (χ1n) is 5.77. The predicted octanol–water partition coefficient (Wildman–Crippen LogP) is 0.851. The Bertz CT molecular complexity index is 569. The number of carbonyl (C=O) groups is 1. The van der Waals surface area contributed by atoms with Crippen LogP contribution in [0.1, 0.15) is 23.3 Å². The van der Waals surface area contributed by atoms with E-state index in [9.17, 15) is 4.79 Å². The van der Waals surface area contributed by atoms with Gasteiger partial charge in [-0.2, -0.15) is 0 Å². The Morgan fingerprint density at radius 3 is 3.18 bits per heavy atom. The van der Waals surface area contributed by atoms with Crippen molar-refractivity contribution in [3.63, 3.8) is 0 Å². The van der Waals surface area contributed by atoms with Crippen molar-refractivity contribution in [1.82, 2.24) is 14.7 Å². The molecule has 3 N–H and O–H groups in total. The molecule has 0 unspecified atom stereocenters. The van der Waals surface area contributed by atoms with Gasteiger partial charge >= 0.3 is 0 Å². The summed E-state index contributed by atoms with van der Waals surface area (Å²) in [6.45, 7) is 0.896. The minimum absolute atomic E-state index is 0.0405. The van der Waals surface area contributed by atoms with Crippen molar-refractivity contribution < 1.29 is 4.79 Å². The van der Waals surface area contributed by atoms with Gasteiger partial charge < -0.3 is 11.1 Å². The number of imidazole rings is 1. The van der Waals surface area contributed by atoms with Crippen LogP contribution in [0, 0.1) is 0 Å². The van der Waals surface area contributed by atoms with Gasteiger partial charge in [0.15, 0.2) is 11.6 Å². The van der Waals surface area contributed by atoms with Gasteiger partial charge in [0.2, 0.25) is 0 Å². The number of Topliss-reactive ketones (excluding diaryl/α,β-unsaturated/α-hetero) is 1. The quantitative estimate of drug-likeness (QED) is 0.750. The number of ketones is 1. The van der Waals surface area contributed by atoms with Crippen molar-refractivity contribution in [3.05, 3.63) is 30.1 Å². The number of nitrogens with one attached hydrogen (secondary N) is 1. The Hall–Kier alpha value is -1.88. The summed E-state index contributed by atoms with van der Waals surface area (Å²) < 4.78 is 1.76. The summed E-state index contributed by atoms with van der Waals surface area (Å²) in [4.78, 5) is 16.5. The zero-order valence-corrected chi connectivity index (χ0v) is 9.39. The van der Waals surface area contributed by atoms with Crippen molar-refractivity contribution >= 4 is 17.2 Å². The van der Waals surface area contributed by atoms with Crippen LogP contribution >= 0.6 is 0 Å². The van der Waals surface area contributed by atoms with Gasteiger partial charge in [-0.1, -0.05) is 6.07 Å². The van der Waals surface area contributed by atoms with Gasteiger partial charge in [0.25, 0.3) is 0 Å². The largest absolute Gasteiger partial charge is 0.382 e. The van der Waals surface area contributed by atoms with Crippen LogP contribution in [0.15, 0.2) is 24.4 Å². The van der Waals surface area contributed by atoms with Gasteiger partial charge in [-0.15, -0.1) is 0 Å². The molecule has 3 heterocycles. The lowest BCUT2D eigenvalue weighted by atomic mass is 10.1. The molecular weight excluding hydrogens is 216 g/mol. The number of nitrogens with two attached hydrogens (primary N) is 1. The van der Waals surface area contributed by atoms with Crippen LogP contribution in [0.5, 0.6) is 0 Å². The molecule has 5 nitrogen and oxygen atoms in total. The lowest BCUT2D eigenvalue weighted by Crippen LogP contribution is -2.32. The molecule has 1 saturated heterocycles. The third-order valence-corrected chi connectivity index (χ3v) is 3.17. The number of fused-ring (bicyclic) bond motifs is 1. The molecule has 0 amide bonds. The van der Waals surface area contributed by atoms with E-state index in [1.54, 1.807) is 4.40 Å². The Morgan fingerprint density at radius 2 is 2.41 bits per heavy atom. The van der Waals surface area contributed by atoms with Gasteiger partial charge in [-0.3, -0.25) is 9.20 Å². The molecule has 0 aromatic carbocycles. The van der Waals surface area contributed by atoms with Crippen LogP contribution in [-0.4, -0.2) is 27.8 Å². The van der Waals surface area contributed by atoms with Crippen molar-refractivity contribution in [2.75, 3.05) is 12.3 Å². The van der Waals surface area contributed by atoms with Crippen LogP contribution in [0.2, 0.25) is 0 Å². The van der Waals surface area contributed by atoms with E-state index in [1.807, 2.05) is 24.4 Å². The van der Waals surface area contributed by atoms with Crippen molar-refractivity contribution in [1.29, 1.82) is 0 Å². The molecule has 17 heavy (non-hydrogen) atoms. The van der Waals surface area contributed by atoms with E-state index in [0.29, 0.717) is 17.2 Å². The second-order valence-electron chi connectivity index (χ2n) is 4.29. The minimum atomic E-state index is -0.114. The fraction of sp³-hybridized carbons (Fsp3) is 0.333. The summed E-state index contributed by atoms with van der Waals surface area (Å²) in [5, 5.41) is 3.19. The Kier molecular flexibility index (Phi) is 2.33. The van der Waals surface area contributed by atoms with Gasteiger partial charge in [-0.05, 0) is 31.5 Å². The molecule has 0 saturated carbocycles. The molecule has 1 aliphatic heterocycles. The maximum atomic E-state index is 12.3. The number of carbonyl (C=O) groups excluding carboxylic acids is 1. The molecule has 88 valence electrons. The molecule has 0 spiro atoms. The average Bonchev–Trinajstić information content (AvgIpc) is 2.94. The highest BCUT2D eigenvalue weighted by molar-refractivity contribution is 6.03. The summed E-state index contributed by atoms with van der Waals surface area (Å²) in [5.74, 6) is 0.355. The smallest absolute Gasteiger partial charge is 0.200 e. The van der Waals surface area contributed by atoms with E-state index >= 15 is 0 Å². The molecule has 2 aromatic rings. The molecule has 2 aromatic heterocycles. The SMILES string of the molecule is Nc1nc2ccccn2c1C(=O)[C@H]1CCCN1. The zero-order chi connectivity index (χ0) is 11.8. The standard InChI is InChI=1S/C12H14N4O/c13-12-10(11(17)8-4-3-6-14-8)16-7-2-1-5-9(16)15-12/h1-2,5,7-8,14H,3-4,6,13H2/t8-/m1/s1.